The molecular formula is C19H25N3O2. The molecule has 1 fully saturated rings. The molecule has 1 aromatic heterocycles. The molecule has 0 bridgehead atoms. The topological polar surface area (TPSA) is 46.6 Å². The summed E-state index contributed by atoms with van der Waals surface area (Å²) < 4.78 is 10.6. The number of hydrogen-bond acceptors (Lipinski definition) is 5. The van der Waals surface area contributed by atoms with E-state index in [1.807, 2.05) is 18.3 Å². The number of methoxy groups -OCH3 is 1. The quantitative estimate of drug-likeness (QED) is 0.883. The second-order valence-corrected chi connectivity index (χ2v) is 6.08. The average molecular weight is 327 g/mol. The summed E-state index contributed by atoms with van der Waals surface area (Å²) in [6.07, 6.45) is 1.96. The van der Waals surface area contributed by atoms with Gasteiger partial charge >= 0.3 is 0 Å². The summed E-state index contributed by atoms with van der Waals surface area (Å²) in [5.74, 6) is 1.76. The maximum atomic E-state index is 5.38. The summed E-state index contributed by atoms with van der Waals surface area (Å²) in [5, 5.41) is 3.44. The van der Waals surface area contributed by atoms with Gasteiger partial charge < -0.3 is 14.8 Å². The van der Waals surface area contributed by atoms with Gasteiger partial charge in [-0.05, 0) is 36.2 Å². The lowest BCUT2D eigenvalue weighted by Gasteiger charge is -2.26. The summed E-state index contributed by atoms with van der Waals surface area (Å²) in [7, 11) is 1.68. The number of rotatable bonds is 6. The molecule has 1 aromatic carbocycles. The minimum absolute atomic E-state index is 0.188. The number of morpholine rings is 1. The molecule has 24 heavy (non-hydrogen) atoms. The normalized spacial score (nSPS) is 16.6. The van der Waals surface area contributed by atoms with E-state index in [1.54, 1.807) is 7.11 Å². The van der Waals surface area contributed by atoms with Crippen LogP contribution in [-0.2, 0) is 11.3 Å². The van der Waals surface area contributed by atoms with Crippen LogP contribution in [0.2, 0.25) is 0 Å². The van der Waals surface area contributed by atoms with Gasteiger partial charge in [0.25, 0.3) is 0 Å². The smallest absolute Gasteiger partial charge is 0.126 e. The molecule has 128 valence electrons. The Morgan fingerprint density at radius 1 is 1.17 bits per heavy atom. The van der Waals surface area contributed by atoms with Gasteiger partial charge in [0.1, 0.15) is 11.6 Å². The fourth-order valence-electron chi connectivity index (χ4n) is 2.82. The molecule has 3 rings (SSSR count). The van der Waals surface area contributed by atoms with Gasteiger partial charge in [0.05, 0.1) is 20.3 Å². The van der Waals surface area contributed by atoms with Crippen LogP contribution in [0.15, 0.2) is 42.6 Å². The molecule has 0 aliphatic carbocycles. The molecule has 2 heterocycles. The summed E-state index contributed by atoms with van der Waals surface area (Å²) in [6.45, 7) is 6.71. The molecule has 0 unspecified atom stereocenters. The first-order valence-electron chi connectivity index (χ1n) is 8.40. The first-order valence-corrected chi connectivity index (χ1v) is 8.40. The third-order valence-corrected chi connectivity index (χ3v) is 4.31. The van der Waals surface area contributed by atoms with Crippen LogP contribution in [0.5, 0.6) is 5.75 Å². The van der Waals surface area contributed by atoms with Crippen molar-refractivity contribution >= 4 is 5.82 Å². The lowest BCUT2D eigenvalue weighted by Crippen LogP contribution is -2.35. The fourth-order valence-corrected chi connectivity index (χ4v) is 2.82. The van der Waals surface area contributed by atoms with Gasteiger partial charge in [0.2, 0.25) is 0 Å². The second-order valence-electron chi connectivity index (χ2n) is 6.08. The molecule has 1 aliphatic rings. The van der Waals surface area contributed by atoms with Crippen LogP contribution in [0.4, 0.5) is 5.82 Å². The van der Waals surface area contributed by atoms with Crippen molar-refractivity contribution in [1.82, 2.24) is 9.88 Å². The molecule has 5 heteroatoms. The summed E-state index contributed by atoms with van der Waals surface area (Å²) in [5.41, 5.74) is 2.44. The maximum Gasteiger partial charge on any atom is 0.126 e. The highest BCUT2D eigenvalue weighted by Gasteiger charge is 2.11. The zero-order valence-electron chi connectivity index (χ0n) is 14.4. The molecule has 0 spiro atoms. The van der Waals surface area contributed by atoms with E-state index in [1.165, 1.54) is 11.1 Å². The van der Waals surface area contributed by atoms with Crippen LogP contribution in [0, 0.1) is 0 Å². The minimum Gasteiger partial charge on any atom is -0.497 e. The molecule has 0 radical (unpaired) electrons. The van der Waals surface area contributed by atoms with Crippen molar-refractivity contribution in [2.45, 2.75) is 19.5 Å². The van der Waals surface area contributed by atoms with Gasteiger partial charge in [0.15, 0.2) is 0 Å². The lowest BCUT2D eigenvalue weighted by molar-refractivity contribution is 0.0341. The predicted molar refractivity (Wildman–Crippen MR) is 95.4 cm³/mol. The SMILES string of the molecule is COc1ccc([C@H](C)Nc2ccc(CN3CCOCC3)cn2)cc1. The van der Waals surface area contributed by atoms with Crippen molar-refractivity contribution in [3.63, 3.8) is 0 Å². The number of hydrogen-bond donors (Lipinski definition) is 1. The minimum atomic E-state index is 0.188. The van der Waals surface area contributed by atoms with E-state index in [0.717, 1.165) is 44.4 Å². The van der Waals surface area contributed by atoms with Gasteiger partial charge in [-0.1, -0.05) is 18.2 Å². The monoisotopic (exact) mass is 327 g/mol. The molecule has 0 amide bonds. The molecule has 5 nitrogen and oxygen atoms in total. The molecular weight excluding hydrogens is 302 g/mol. The van der Waals surface area contributed by atoms with Crippen molar-refractivity contribution in [3.05, 3.63) is 53.7 Å². The van der Waals surface area contributed by atoms with E-state index < -0.39 is 0 Å². The largest absolute Gasteiger partial charge is 0.497 e. The van der Waals surface area contributed by atoms with Gasteiger partial charge in [-0.2, -0.15) is 0 Å². The molecule has 1 atom stereocenters. The standard InChI is InChI=1S/C19H25N3O2/c1-15(17-4-6-18(23-2)7-5-17)21-19-8-3-16(13-20-19)14-22-9-11-24-12-10-22/h3-8,13,15H,9-12,14H2,1-2H3,(H,20,21)/t15-/m0/s1. The van der Waals surface area contributed by atoms with E-state index in [2.05, 4.69) is 46.4 Å². The zero-order valence-corrected chi connectivity index (χ0v) is 14.4. The Bertz CT molecular complexity index is 622. The molecule has 1 aliphatic heterocycles. The van der Waals surface area contributed by atoms with Crippen LogP contribution >= 0.6 is 0 Å². The van der Waals surface area contributed by atoms with E-state index in [0.29, 0.717) is 0 Å². The number of nitrogens with one attached hydrogen (secondary N) is 1. The predicted octanol–water partition coefficient (Wildman–Crippen LogP) is 3.10. The number of anilines is 1. The molecule has 1 N–H and O–H groups in total. The van der Waals surface area contributed by atoms with E-state index in [4.69, 9.17) is 9.47 Å². The number of ether oxygens (including phenoxy) is 2. The Hall–Kier alpha value is -2.11. The summed E-state index contributed by atoms with van der Waals surface area (Å²) in [6, 6.07) is 12.5. The number of nitrogens with zero attached hydrogens (tertiary/aromatic N) is 2. The van der Waals surface area contributed by atoms with Crippen molar-refractivity contribution in [1.29, 1.82) is 0 Å². The van der Waals surface area contributed by atoms with Crippen molar-refractivity contribution in [3.8, 4) is 5.75 Å². The average Bonchev–Trinajstić information content (AvgIpc) is 2.64. The number of pyridine rings is 1. The van der Waals surface area contributed by atoms with Crippen molar-refractivity contribution < 1.29 is 9.47 Å². The molecule has 2 aromatic rings. The van der Waals surface area contributed by atoms with Gasteiger partial charge in [0, 0.05) is 31.9 Å². The Labute approximate surface area is 143 Å². The molecule has 1 saturated heterocycles. The summed E-state index contributed by atoms with van der Waals surface area (Å²) >= 11 is 0. The Balaban J connectivity index is 1.56. The van der Waals surface area contributed by atoms with E-state index in [-0.39, 0.29) is 6.04 Å². The first kappa shape index (κ1) is 16.7. The summed E-state index contributed by atoms with van der Waals surface area (Å²) in [4.78, 5) is 6.95. The highest BCUT2D eigenvalue weighted by atomic mass is 16.5. The van der Waals surface area contributed by atoms with Gasteiger partial charge in [-0.25, -0.2) is 4.98 Å². The van der Waals surface area contributed by atoms with Crippen LogP contribution in [0.25, 0.3) is 0 Å². The third kappa shape index (κ3) is 4.46. The van der Waals surface area contributed by atoms with Crippen LogP contribution < -0.4 is 10.1 Å². The molecule has 0 saturated carbocycles. The Kier molecular flexibility index (Phi) is 5.67. The fraction of sp³-hybridized carbons (Fsp3) is 0.421. The number of aromatic nitrogens is 1. The Morgan fingerprint density at radius 2 is 1.92 bits per heavy atom. The van der Waals surface area contributed by atoms with Crippen molar-refractivity contribution in [2.24, 2.45) is 0 Å². The highest BCUT2D eigenvalue weighted by molar-refractivity contribution is 5.40. The van der Waals surface area contributed by atoms with Crippen LogP contribution in [0.1, 0.15) is 24.1 Å². The van der Waals surface area contributed by atoms with Gasteiger partial charge in [-0.3, -0.25) is 4.90 Å². The van der Waals surface area contributed by atoms with E-state index >= 15 is 0 Å². The highest BCUT2D eigenvalue weighted by Crippen LogP contribution is 2.21. The van der Waals surface area contributed by atoms with Crippen LogP contribution in [0.3, 0.4) is 0 Å². The van der Waals surface area contributed by atoms with Crippen molar-refractivity contribution in [2.75, 3.05) is 38.7 Å². The lowest BCUT2D eigenvalue weighted by atomic mass is 10.1. The Morgan fingerprint density at radius 3 is 2.54 bits per heavy atom. The maximum absolute atomic E-state index is 5.38. The number of benzene rings is 1. The van der Waals surface area contributed by atoms with Crippen LogP contribution in [-0.4, -0.2) is 43.3 Å². The third-order valence-electron chi connectivity index (χ3n) is 4.31. The second kappa shape index (κ2) is 8.13. The van der Waals surface area contributed by atoms with Gasteiger partial charge in [-0.15, -0.1) is 0 Å². The van der Waals surface area contributed by atoms with E-state index in [9.17, 15) is 0 Å². The first-order chi connectivity index (χ1) is 11.7. The zero-order chi connectivity index (χ0) is 16.8.